The molecule has 0 bridgehead atoms. The number of carbonyl (C=O) groups is 3. The molecule has 0 fully saturated rings. The lowest BCUT2D eigenvalue weighted by molar-refractivity contribution is -0.147. The Morgan fingerprint density at radius 3 is 2.26 bits per heavy atom. The van der Waals surface area contributed by atoms with Crippen molar-refractivity contribution in [2.24, 2.45) is 0 Å². The van der Waals surface area contributed by atoms with Gasteiger partial charge in [-0.05, 0) is 24.6 Å². The van der Waals surface area contributed by atoms with E-state index in [-0.39, 0.29) is 12.4 Å². The Morgan fingerprint density at radius 2 is 1.63 bits per heavy atom. The van der Waals surface area contributed by atoms with Crippen LogP contribution in [-0.2, 0) is 20.9 Å². The van der Waals surface area contributed by atoms with E-state index in [9.17, 15) is 14.4 Å². The molecule has 2 rings (SSSR count). The van der Waals surface area contributed by atoms with Gasteiger partial charge in [-0.25, -0.2) is 9.59 Å². The lowest BCUT2D eigenvalue weighted by atomic mass is 10.1. The standard InChI is InChI=1S/C20H20BrNO5/c1-14(22(2)20(25)27-12-15-6-4-3-5-7-15)19(24)26-13-18(23)16-8-10-17(21)11-9-16/h3-11,14H,12-13H2,1-2H3/t14-/m0/s1. The zero-order chi connectivity index (χ0) is 19.8. The van der Waals surface area contributed by atoms with E-state index in [1.807, 2.05) is 30.3 Å². The van der Waals surface area contributed by atoms with E-state index in [1.54, 1.807) is 24.3 Å². The number of likely N-dealkylation sites (N-methyl/N-ethyl adjacent to an activating group) is 1. The molecule has 2 aromatic carbocycles. The molecule has 0 spiro atoms. The summed E-state index contributed by atoms with van der Waals surface area (Å²) < 4.78 is 11.1. The fourth-order valence-electron chi connectivity index (χ4n) is 2.11. The van der Waals surface area contributed by atoms with E-state index in [4.69, 9.17) is 9.47 Å². The molecule has 0 aliphatic carbocycles. The summed E-state index contributed by atoms with van der Waals surface area (Å²) >= 11 is 3.29. The van der Waals surface area contributed by atoms with Gasteiger partial charge in [-0.15, -0.1) is 0 Å². The third kappa shape index (κ3) is 6.21. The van der Waals surface area contributed by atoms with Gasteiger partial charge >= 0.3 is 12.1 Å². The SMILES string of the molecule is C[C@@H](C(=O)OCC(=O)c1ccc(Br)cc1)N(C)C(=O)OCc1ccccc1. The van der Waals surface area contributed by atoms with Crippen molar-refractivity contribution in [2.45, 2.75) is 19.6 Å². The summed E-state index contributed by atoms with van der Waals surface area (Å²) in [5, 5.41) is 0. The molecule has 6 nitrogen and oxygen atoms in total. The van der Waals surface area contributed by atoms with Crippen LogP contribution in [0.15, 0.2) is 59.1 Å². The molecule has 0 saturated heterocycles. The van der Waals surface area contributed by atoms with Crippen molar-refractivity contribution >= 4 is 33.8 Å². The minimum atomic E-state index is -0.883. The average molecular weight is 434 g/mol. The Kier molecular flexibility index (Phi) is 7.55. The molecule has 7 heteroatoms. The molecule has 0 saturated carbocycles. The number of ether oxygens (including phenoxy) is 2. The van der Waals surface area contributed by atoms with Crippen molar-refractivity contribution in [3.63, 3.8) is 0 Å². The van der Waals surface area contributed by atoms with Crippen molar-refractivity contribution < 1.29 is 23.9 Å². The van der Waals surface area contributed by atoms with Gasteiger partial charge in [-0.3, -0.25) is 9.69 Å². The molecule has 1 atom stereocenters. The molecule has 2 aromatic rings. The number of amides is 1. The Labute approximate surface area is 166 Å². The maximum atomic E-state index is 12.1. The van der Waals surface area contributed by atoms with Crippen LogP contribution in [0.4, 0.5) is 4.79 Å². The summed E-state index contributed by atoms with van der Waals surface area (Å²) in [5.74, 6) is -1.00. The number of esters is 1. The highest BCUT2D eigenvalue weighted by Crippen LogP contribution is 2.11. The van der Waals surface area contributed by atoms with Gasteiger partial charge in [0.05, 0.1) is 0 Å². The van der Waals surface area contributed by atoms with E-state index in [2.05, 4.69) is 15.9 Å². The fourth-order valence-corrected chi connectivity index (χ4v) is 2.38. The predicted molar refractivity (Wildman–Crippen MR) is 103 cm³/mol. The van der Waals surface area contributed by atoms with Crippen LogP contribution in [0.2, 0.25) is 0 Å². The minimum Gasteiger partial charge on any atom is -0.456 e. The van der Waals surface area contributed by atoms with Gasteiger partial charge in [0.1, 0.15) is 12.6 Å². The zero-order valence-electron chi connectivity index (χ0n) is 15.1. The van der Waals surface area contributed by atoms with E-state index in [1.165, 1.54) is 14.0 Å². The number of benzene rings is 2. The second kappa shape index (κ2) is 9.87. The molecule has 0 radical (unpaired) electrons. The third-order valence-corrected chi connectivity index (χ3v) is 4.46. The van der Waals surface area contributed by atoms with Crippen molar-refractivity contribution in [1.82, 2.24) is 4.90 Å². The highest BCUT2D eigenvalue weighted by atomic mass is 79.9. The van der Waals surface area contributed by atoms with Gasteiger partial charge in [0.2, 0.25) is 0 Å². The van der Waals surface area contributed by atoms with Crippen LogP contribution in [0, 0.1) is 0 Å². The summed E-state index contributed by atoms with van der Waals surface area (Å²) in [4.78, 5) is 37.4. The maximum Gasteiger partial charge on any atom is 0.410 e. The molecule has 0 heterocycles. The first-order valence-electron chi connectivity index (χ1n) is 8.27. The molecule has 0 aliphatic heterocycles. The number of rotatable bonds is 7. The van der Waals surface area contributed by atoms with Crippen LogP contribution in [0.25, 0.3) is 0 Å². The van der Waals surface area contributed by atoms with Crippen LogP contribution in [0.3, 0.4) is 0 Å². The largest absolute Gasteiger partial charge is 0.456 e. The summed E-state index contributed by atoms with van der Waals surface area (Å²) in [6, 6.07) is 15.1. The third-order valence-electron chi connectivity index (χ3n) is 3.93. The lowest BCUT2D eigenvalue weighted by Gasteiger charge is -2.22. The lowest BCUT2D eigenvalue weighted by Crippen LogP contribution is -2.42. The normalized spacial score (nSPS) is 11.4. The van der Waals surface area contributed by atoms with Crippen LogP contribution in [0.1, 0.15) is 22.8 Å². The average Bonchev–Trinajstić information content (AvgIpc) is 2.70. The van der Waals surface area contributed by atoms with E-state index < -0.39 is 24.7 Å². The maximum absolute atomic E-state index is 12.1. The highest BCUT2D eigenvalue weighted by molar-refractivity contribution is 9.10. The van der Waals surface area contributed by atoms with Gasteiger partial charge < -0.3 is 9.47 Å². The van der Waals surface area contributed by atoms with Crippen LogP contribution < -0.4 is 0 Å². The van der Waals surface area contributed by atoms with Gasteiger partial charge in [0, 0.05) is 17.1 Å². The highest BCUT2D eigenvalue weighted by Gasteiger charge is 2.25. The van der Waals surface area contributed by atoms with Gasteiger partial charge in [-0.1, -0.05) is 58.4 Å². The van der Waals surface area contributed by atoms with Crippen molar-refractivity contribution in [1.29, 1.82) is 0 Å². The molecule has 0 aliphatic rings. The molecule has 27 heavy (non-hydrogen) atoms. The molecule has 0 aromatic heterocycles. The summed E-state index contributed by atoms with van der Waals surface area (Å²) in [7, 11) is 1.44. The quantitative estimate of drug-likeness (QED) is 0.489. The Balaban J connectivity index is 1.81. The Bertz CT molecular complexity index is 792. The second-order valence-electron chi connectivity index (χ2n) is 5.86. The molecule has 142 valence electrons. The minimum absolute atomic E-state index is 0.105. The van der Waals surface area contributed by atoms with Crippen molar-refractivity contribution in [3.05, 3.63) is 70.2 Å². The van der Waals surface area contributed by atoms with Crippen molar-refractivity contribution in [2.75, 3.05) is 13.7 Å². The van der Waals surface area contributed by atoms with Crippen LogP contribution in [-0.4, -0.2) is 42.4 Å². The number of halogens is 1. The number of carbonyl (C=O) groups excluding carboxylic acids is 3. The summed E-state index contributed by atoms with van der Waals surface area (Å²) in [6.07, 6.45) is -0.650. The summed E-state index contributed by atoms with van der Waals surface area (Å²) in [5.41, 5.74) is 1.28. The van der Waals surface area contributed by atoms with Crippen LogP contribution in [0.5, 0.6) is 0 Å². The number of ketones is 1. The van der Waals surface area contributed by atoms with Crippen LogP contribution >= 0.6 is 15.9 Å². The molecule has 0 unspecified atom stereocenters. The topological polar surface area (TPSA) is 72.9 Å². The van der Waals surface area contributed by atoms with E-state index in [0.717, 1.165) is 14.9 Å². The van der Waals surface area contributed by atoms with Gasteiger partial charge in [-0.2, -0.15) is 0 Å². The molecule has 0 N–H and O–H groups in total. The first-order valence-corrected chi connectivity index (χ1v) is 9.06. The zero-order valence-corrected chi connectivity index (χ0v) is 16.6. The van der Waals surface area contributed by atoms with Gasteiger partial charge in [0.25, 0.3) is 0 Å². The van der Waals surface area contributed by atoms with Gasteiger partial charge in [0.15, 0.2) is 12.4 Å². The molecular formula is C20H20BrNO5. The number of Topliss-reactive ketones (excluding diaryl/α,β-unsaturated/α-hetero) is 1. The fraction of sp³-hybridized carbons (Fsp3) is 0.250. The molecular weight excluding hydrogens is 414 g/mol. The number of nitrogens with zero attached hydrogens (tertiary/aromatic N) is 1. The Morgan fingerprint density at radius 1 is 1.00 bits per heavy atom. The summed E-state index contributed by atoms with van der Waals surface area (Å²) in [6.45, 7) is 1.22. The first kappa shape index (κ1) is 20.6. The smallest absolute Gasteiger partial charge is 0.410 e. The number of hydrogen-bond donors (Lipinski definition) is 0. The van der Waals surface area contributed by atoms with E-state index in [0.29, 0.717) is 5.56 Å². The molecule has 1 amide bonds. The Hall–Kier alpha value is -2.67. The van der Waals surface area contributed by atoms with Crippen molar-refractivity contribution in [3.8, 4) is 0 Å². The second-order valence-corrected chi connectivity index (χ2v) is 6.78. The van der Waals surface area contributed by atoms with E-state index >= 15 is 0 Å². The predicted octanol–water partition coefficient (Wildman–Crippen LogP) is 3.83. The first-order chi connectivity index (χ1) is 12.9. The monoisotopic (exact) mass is 433 g/mol. The number of hydrogen-bond acceptors (Lipinski definition) is 5.